The van der Waals surface area contributed by atoms with Crippen LogP contribution in [0.5, 0.6) is 0 Å². The Morgan fingerprint density at radius 3 is 2.41 bits per heavy atom. The van der Waals surface area contributed by atoms with Gasteiger partial charge in [0.15, 0.2) is 0 Å². The molecule has 0 aliphatic heterocycles. The molecule has 1 saturated carbocycles. The number of methoxy groups -OCH3 is 1. The second kappa shape index (κ2) is 8.85. The molecular weight excluding hydrogens is 338 g/mol. The Hall–Kier alpha value is -2.62. The van der Waals surface area contributed by atoms with Crippen LogP contribution in [0.1, 0.15) is 64.9 Å². The summed E-state index contributed by atoms with van der Waals surface area (Å²) in [6.45, 7) is 2.21. The van der Waals surface area contributed by atoms with Crippen LogP contribution in [0.4, 0.5) is 0 Å². The molecule has 0 bridgehead atoms. The van der Waals surface area contributed by atoms with Gasteiger partial charge in [-0.2, -0.15) is 0 Å². The van der Waals surface area contributed by atoms with Crippen molar-refractivity contribution in [2.75, 3.05) is 7.11 Å². The number of benzene rings is 2. The van der Waals surface area contributed by atoms with Crippen LogP contribution in [0.25, 0.3) is 0 Å². The average Bonchev–Trinajstić information content (AvgIpc) is 3.49. The third kappa shape index (κ3) is 4.76. The molecule has 0 unspecified atom stereocenters. The van der Waals surface area contributed by atoms with E-state index in [1.54, 1.807) is 12.1 Å². The maximum atomic E-state index is 12.7. The number of carbonyl (C=O) groups is 2. The van der Waals surface area contributed by atoms with E-state index in [0.717, 1.165) is 12.0 Å². The molecule has 27 heavy (non-hydrogen) atoms. The smallest absolute Gasteiger partial charge is 0.337 e. The lowest BCUT2D eigenvalue weighted by Crippen LogP contribution is -2.30. The zero-order valence-corrected chi connectivity index (χ0v) is 16.0. The Morgan fingerprint density at radius 2 is 1.78 bits per heavy atom. The number of esters is 1. The highest BCUT2D eigenvalue weighted by atomic mass is 16.5. The van der Waals surface area contributed by atoms with Crippen molar-refractivity contribution in [2.24, 2.45) is 11.8 Å². The van der Waals surface area contributed by atoms with E-state index in [2.05, 4.69) is 12.2 Å². The van der Waals surface area contributed by atoms with Crippen molar-refractivity contribution in [3.8, 4) is 0 Å². The molecule has 3 rings (SSSR count). The molecule has 1 N–H and O–H groups in total. The predicted octanol–water partition coefficient (Wildman–Crippen LogP) is 4.77. The molecule has 0 spiro atoms. The first kappa shape index (κ1) is 19.2. The predicted molar refractivity (Wildman–Crippen MR) is 106 cm³/mol. The zero-order valence-electron chi connectivity index (χ0n) is 16.0. The Labute approximate surface area is 160 Å². The fourth-order valence-electron chi connectivity index (χ4n) is 3.67. The van der Waals surface area contributed by atoms with Gasteiger partial charge in [-0.1, -0.05) is 56.5 Å². The van der Waals surface area contributed by atoms with Gasteiger partial charge >= 0.3 is 5.97 Å². The highest BCUT2D eigenvalue weighted by Gasteiger charge is 2.43. The van der Waals surface area contributed by atoms with E-state index in [1.165, 1.54) is 26.4 Å². The molecule has 0 radical (unpaired) electrons. The highest BCUT2D eigenvalue weighted by Crippen LogP contribution is 2.50. The normalized spacial score (nSPS) is 19.2. The summed E-state index contributed by atoms with van der Waals surface area (Å²) in [6, 6.07) is 16.7. The van der Waals surface area contributed by atoms with Gasteiger partial charge in [0.05, 0.1) is 18.7 Å². The van der Waals surface area contributed by atoms with E-state index in [9.17, 15) is 9.59 Å². The van der Waals surface area contributed by atoms with E-state index in [-0.39, 0.29) is 17.9 Å². The Bertz CT molecular complexity index is 770. The highest BCUT2D eigenvalue weighted by molar-refractivity contribution is 5.94. The van der Waals surface area contributed by atoms with Gasteiger partial charge in [0.25, 0.3) is 5.91 Å². The standard InChI is InChI=1S/C23H27NO3/c1-3-4-8-19-15-20(19)21(24-22(25)17-9-6-5-7-10-17)16-11-13-18(14-12-16)23(26)27-2/h5-7,9-14,19-21H,3-4,8,15H2,1-2H3,(H,24,25)/t19-,20-,21+/m1/s1. The van der Waals surface area contributed by atoms with E-state index in [0.29, 0.717) is 23.0 Å². The molecule has 0 heterocycles. The number of nitrogens with one attached hydrogen (secondary N) is 1. The lowest BCUT2D eigenvalue weighted by Gasteiger charge is -2.20. The SMILES string of the molecule is CCCC[C@@H]1C[C@H]1[C@@H](NC(=O)c1ccccc1)c1ccc(C(=O)OC)cc1. The van der Waals surface area contributed by atoms with Gasteiger partial charge in [-0.05, 0) is 48.1 Å². The molecule has 0 aromatic heterocycles. The molecule has 2 aromatic carbocycles. The van der Waals surface area contributed by atoms with Gasteiger partial charge in [-0.3, -0.25) is 4.79 Å². The minimum absolute atomic E-state index is 0.0359. The van der Waals surface area contributed by atoms with Gasteiger partial charge < -0.3 is 10.1 Å². The molecule has 142 valence electrons. The second-order valence-electron chi connectivity index (χ2n) is 7.23. The maximum Gasteiger partial charge on any atom is 0.337 e. The van der Waals surface area contributed by atoms with Crippen molar-refractivity contribution in [1.82, 2.24) is 5.32 Å². The molecule has 1 aliphatic rings. The topological polar surface area (TPSA) is 55.4 Å². The summed E-state index contributed by atoms with van der Waals surface area (Å²) in [5, 5.41) is 3.23. The number of hydrogen-bond acceptors (Lipinski definition) is 3. The second-order valence-corrected chi connectivity index (χ2v) is 7.23. The number of hydrogen-bond donors (Lipinski definition) is 1. The summed E-state index contributed by atoms with van der Waals surface area (Å²) in [4.78, 5) is 24.4. The van der Waals surface area contributed by atoms with Crippen molar-refractivity contribution in [2.45, 2.75) is 38.6 Å². The number of unbranched alkanes of at least 4 members (excludes halogenated alkanes) is 1. The molecule has 4 nitrogen and oxygen atoms in total. The first-order chi connectivity index (χ1) is 13.1. The van der Waals surface area contributed by atoms with Gasteiger partial charge in [0, 0.05) is 5.56 Å². The zero-order chi connectivity index (χ0) is 19.2. The van der Waals surface area contributed by atoms with E-state index in [4.69, 9.17) is 4.74 Å². The summed E-state index contributed by atoms with van der Waals surface area (Å²) < 4.78 is 4.77. The minimum atomic E-state index is -0.348. The van der Waals surface area contributed by atoms with Crippen LogP contribution in [-0.2, 0) is 4.74 Å². The van der Waals surface area contributed by atoms with Crippen LogP contribution in [0.15, 0.2) is 54.6 Å². The summed E-state index contributed by atoms with van der Waals surface area (Å²) >= 11 is 0. The van der Waals surface area contributed by atoms with Crippen LogP contribution < -0.4 is 5.32 Å². The van der Waals surface area contributed by atoms with Crippen molar-refractivity contribution in [1.29, 1.82) is 0 Å². The quantitative estimate of drug-likeness (QED) is 0.686. The Morgan fingerprint density at radius 1 is 1.07 bits per heavy atom. The molecule has 4 heteroatoms. The number of carbonyl (C=O) groups excluding carboxylic acids is 2. The van der Waals surface area contributed by atoms with E-state index in [1.807, 2.05) is 42.5 Å². The van der Waals surface area contributed by atoms with Gasteiger partial charge in [0.1, 0.15) is 0 Å². The lowest BCUT2D eigenvalue weighted by atomic mass is 9.98. The van der Waals surface area contributed by atoms with Crippen LogP contribution in [-0.4, -0.2) is 19.0 Å². The lowest BCUT2D eigenvalue weighted by molar-refractivity contribution is 0.0600. The van der Waals surface area contributed by atoms with Crippen molar-refractivity contribution >= 4 is 11.9 Å². The Kier molecular flexibility index (Phi) is 6.28. The first-order valence-electron chi connectivity index (χ1n) is 9.68. The van der Waals surface area contributed by atoms with Crippen LogP contribution in [0.3, 0.4) is 0 Å². The van der Waals surface area contributed by atoms with Crippen molar-refractivity contribution in [3.63, 3.8) is 0 Å². The van der Waals surface area contributed by atoms with E-state index < -0.39 is 0 Å². The minimum Gasteiger partial charge on any atom is -0.465 e. The third-order valence-corrected chi connectivity index (χ3v) is 5.35. The largest absolute Gasteiger partial charge is 0.465 e. The van der Waals surface area contributed by atoms with Gasteiger partial charge in [0.2, 0.25) is 0 Å². The fraction of sp³-hybridized carbons (Fsp3) is 0.391. The van der Waals surface area contributed by atoms with E-state index >= 15 is 0 Å². The monoisotopic (exact) mass is 365 g/mol. The third-order valence-electron chi connectivity index (χ3n) is 5.35. The summed E-state index contributed by atoms with van der Waals surface area (Å²) in [6.07, 6.45) is 4.76. The molecule has 3 atom stereocenters. The van der Waals surface area contributed by atoms with Crippen molar-refractivity contribution in [3.05, 3.63) is 71.3 Å². The summed E-state index contributed by atoms with van der Waals surface area (Å²) in [5.74, 6) is 0.706. The molecule has 1 fully saturated rings. The van der Waals surface area contributed by atoms with Gasteiger partial charge in [-0.15, -0.1) is 0 Å². The van der Waals surface area contributed by atoms with Gasteiger partial charge in [-0.25, -0.2) is 4.79 Å². The van der Waals surface area contributed by atoms with Crippen LogP contribution in [0.2, 0.25) is 0 Å². The average molecular weight is 365 g/mol. The summed E-state index contributed by atoms with van der Waals surface area (Å²) in [5.41, 5.74) is 2.23. The molecule has 2 aromatic rings. The molecule has 1 aliphatic carbocycles. The molecular formula is C23H27NO3. The number of amides is 1. The summed E-state index contributed by atoms with van der Waals surface area (Å²) in [7, 11) is 1.38. The maximum absolute atomic E-state index is 12.7. The fourth-order valence-corrected chi connectivity index (χ4v) is 3.67. The molecule has 0 saturated heterocycles. The number of ether oxygens (including phenoxy) is 1. The van der Waals surface area contributed by atoms with Crippen LogP contribution >= 0.6 is 0 Å². The Balaban J connectivity index is 1.78. The van der Waals surface area contributed by atoms with Crippen LogP contribution in [0, 0.1) is 11.8 Å². The first-order valence-corrected chi connectivity index (χ1v) is 9.68. The molecule has 1 amide bonds. The van der Waals surface area contributed by atoms with Crippen molar-refractivity contribution < 1.29 is 14.3 Å². The number of rotatable bonds is 8.